The highest BCUT2D eigenvalue weighted by molar-refractivity contribution is 5.66. The maximum absolute atomic E-state index is 10.5. The van der Waals surface area contributed by atoms with Crippen LogP contribution in [0.5, 0.6) is 0 Å². The lowest BCUT2D eigenvalue weighted by Gasteiger charge is -2.30. The van der Waals surface area contributed by atoms with Gasteiger partial charge < -0.3 is 10.4 Å². The van der Waals surface area contributed by atoms with Crippen molar-refractivity contribution >= 4 is 5.97 Å². The van der Waals surface area contributed by atoms with Crippen LogP contribution in [0.4, 0.5) is 0 Å². The Hall–Kier alpha value is -0.570. The second-order valence-corrected chi connectivity index (χ2v) is 4.78. The molecule has 2 aliphatic rings. The molecule has 0 amide bonds. The molecule has 2 fully saturated rings. The number of carboxylic acid groups (broad SMARTS) is 1. The van der Waals surface area contributed by atoms with Crippen LogP contribution in [-0.2, 0) is 4.79 Å². The minimum absolute atomic E-state index is 0.365. The monoisotopic (exact) mass is 197 g/mol. The molecule has 0 unspecified atom stereocenters. The summed E-state index contributed by atoms with van der Waals surface area (Å²) < 4.78 is 0. The molecule has 0 radical (unpaired) electrons. The van der Waals surface area contributed by atoms with Crippen LogP contribution in [0.2, 0.25) is 0 Å². The van der Waals surface area contributed by atoms with E-state index in [0.717, 1.165) is 25.4 Å². The summed E-state index contributed by atoms with van der Waals surface area (Å²) in [7, 11) is 0. The molecule has 0 aromatic carbocycles. The number of hydrogen-bond donors (Lipinski definition) is 2. The maximum atomic E-state index is 10.5. The summed E-state index contributed by atoms with van der Waals surface area (Å²) in [6, 6.07) is 0. The summed E-state index contributed by atoms with van der Waals surface area (Å²) in [4.78, 5) is 10.5. The Balaban J connectivity index is 1.84. The van der Waals surface area contributed by atoms with Crippen LogP contribution >= 0.6 is 0 Å². The standard InChI is InChI=1S/C11H19NO2/c13-10(14)1-4-11(5-6-11)9-2-7-12-8-3-9/h9,12H,1-8H2,(H,13,14). The molecule has 0 atom stereocenters. The van der Waals surface area contributed by atoms with Crippen molar-refractivity contribution in [3.8, 4) is 0 Å². The van der Waals surface area contributed by atoms with Crippen LogP contribution in [0.1, 0.15) is 38.5 Å². The average Bonchev–Trinajstić information content (AvgIpc) is 2.97. The van der Waals surface area contributed by atoms with E-state index >= 15 is 0 Å². The van der Waals surface area contributed by atoms with Gasteiger partial charge in [-0.3, -0.25) is 4.79 Å². The molecule has 1 aliphatic carbocycles. The smallest absolute Gasteiger partial charge is 0.303 e. The van der Waals surface area contributed by atoms with E-state index in [0.29, 0.717) is 11.8 Å². The summed E-state index contributed by atoms with van der Waals surface area (Å²) in [6.45, 7) is 2.25. The van der Waals surface area contributed by atoms with Gasteiger partial charge in [0.05, 0.1) is 0 Å². The molecule has 2 rings (SSSR count). The van der Waals surface area contributed by atoms with Gasteiger partial charge in [0.1, 0.15) is 0 Å². The molecule has 3 nitrogen and oxygen atoms in total. The normalized spacial score (nSPS) is 26.0. The maximum Gasteiger partial charge on any atom is 0.303 e. The summed E-state index contributed by atoms with van der Waals surface area (Å²) in [6.07, 6.45) is 6.31. The van der Waals surface area contributed by atoms with Crippen LogP contribution < -0.4 is 5.32 Å². The number of carbonyl (C=O) groups is 1. The molecule has 14 heavy (non-hydrogen) atoms. The van der Waals surface area contributed by atoms with Crippen molar-refractivity contribution < 1.29 is 9.90 Å². The molecule has 0 aromatic rings. The summed E-state index contributed by atoms with van der Waals surface area (Å²) >= 11 is 0. The third kappa shape index (κ3) is 2.08. The number of carboxylic acids is 1. The van der Waals surface area contributed by atoms with Gasteiger partial charge in [0.2, 0.25) is 0 Å². The second-order valence-electron chi connectivity index (χ2n) is 4.78. The molecule has 2 N–H and O–H groups in total. The summed E-state index contributed by atoms with van der Waals surface area (Å²) in [5.74, 6) is 0.160. The second kappa shape index (κ2) is 3.89. The summed E-state index contributed by atoms with van der Waals surface area (Å²) in [5, 5.41) is 12.1. The fraction of sp³-hybridized carbons (Fsp3) is 0.909. The third-order valence-corrected chi connectivity index (χ3v) is 3.93. The van der Waals surface area contributed by atoms with Gasteiger partial charge in [0, 0.05) is 6.42 Å². The zero-order chi connectivity index (χ0) is 10.0. The van der Waals surface area contributed by atoms with E-state index in [1.54, 1.807) is 0 Å². The Labute approximate surface area is 84.9 Å². The van der Waals surface area contributed by atoms with E-state index < -0.39 is 5.97 Å². The largest absolute Gasteiger partial charge is 0.481 e. The van der Waals surface area contributed by atoms with Gasteiger partial charge in [-0.15, -0.1) is 0 Å². The molecule has 1 aliphatic heterocycles. The number of piperidine rings is 1. The topological polar surface area (TPSA) is 49.3 Å². The van der Waals surface area contributed by atoms with E-state index in [1.807, 2.05) is 0 Å². The number of hydrogen-bond acceptors (Lipinski definition) is 2. The molecule has 80 valence electrons. The van der Waals surface area contributed by atoms with Gasteiger partial charge in [-0.05, 0) is 56.5 Å². The average molecular weight is 197 g/mol. The van der Waals surface area contributed by atoms with E-state index in [9.17, 15) is 4.79 Å². The molecule has 1 saturated carbocycles. The lowest BCUT2D eigenvalue weighted by molar-refractivity contribution is -0.137. The van der Waals surface area contributed by atoms with E-state index in [1.165, 1.54) is 25.7 Å². The molecular weight excluding hydrogens is 178 g/mol. The first-order valence-electron chi connectivity index (χ1n) is 5.65. The van der Waals surface area contributed by atoms with Crippen LogP contribution in [0.3, 0.4) is 0 Å². The first-order valence-corrected chi connectivity index (χ1v) is 5.65. The lowest BCUT2D eigenvalue weighted by atomic mass is 9.79. The predicted octanol–water partition coefficient (Wildman–Crippen LogP) is 1.63. The van der Waals surface area contributed by atoms with E-state index in [-0.39, 0.29) is 0 Å². The lowest BCUT2D eigenvalue weighted by Crippen LogP contribution is -2.32. The van der Waals surface area contributed by atoms with E-state index in [2.05, 4.69) is 5.32 Å². The van der Waals surface area contributed by atoms with Crippen LogP contribution in [0.15, 0.2) is 0 Å². The Morgan fingerprint density at radius 2 is 2.00 bits per heavy atom. The first-order chi connectivity index (χ1) is 6.73. The molecule has 1 saturated heterocycles. The Kier molecular flexibility index (Phi) is 2.77. The van der Waals surface area contributed by atoms with Crippen LogP contribution in [0, 0.1) is 11.3 Å². The first kappa shape index (κ1) is 9.97. The molecule has 1 heterocycles. The Morgan fingerprint density at radius 1 is 1.36 bits per heavy atom. The Morgan fingerprint density at radius 3 is 2.50 bits per heavy atom. The van der Waals surface area contributed by atoms with Crippen LogP contribution in [0.25, 0.3) is 0 Å². The quantitative estimate of drug-likeness (QED) is 0.720. The minimum Gasteiger partial charge on any atom is -0.481 e. The molecule has 0 aromatic heterocycles. The van der Waals surface area contributed by atoms with Crippen molar-refractivity contribution in [1.29, 1.82) is 0 Å². The molecule has 0 bridgehead atoms. The fourth-order valence-corrected chi connectivity index (χ4v) is 2.81. The Bertz CT molecular complexity index is 217. The molecular formula is C11H19NO2. The molecule has 0 spiro atoms. The number of rotatable bonds is 4. The van der Waals surface area contributed by atoms with Crippen molar-refractivity contribution in [1.82, 2.24) is 5.32 Å². The van der Waals surface area contributed by atoms with Gasteiger partial charge in [0.25, 0.3) is 0 Å². The van der Waals surface area contributed by atoms with Gasteiger partial charge in [-0.2, -0.15) is 0 Å². The van der Waals surface area contributed by atoms with E-state index in [4.69, 9.17) is 5.11 Å². The zero-order valence-corrected chi connectivity index (χ0v) is 8.59. The van der Waals surface area contributed by atoms with Crippen molar-refractivity contribution in [3.63, 3.8) is 0 Å². The highest BCUT2D eigenvalue weighted by Crippen LogP contribution is 2.57. The van der Waals surface area contributed by atoms with Gasteiger partial charge in [-0.1, -0.05) is 0 Å². The van der Waals surface area contributed by atoms with Crippen LogP contribution in [-0.4, -0.2) is 24.2 Å². The SMILES string of the molecule is O=C(O)CCC1(C2CCNCC2)CC1. The van der Waals surface area contributed by atoms with Crippen molar-refractivity contribution in [2.75, 3.05) is 13.1 Å². The van der Waals surface area contributed by atoms with Crippen molar-refractivity contribution in [2.24, 2.45) is 11.3 Å². The summed E-state index contributed by atoms with van der Waals surface area (Å²) in [5.41, 5.74) is 0.431. The van der Waals surface area contributed by atoms with Gasteiger partial charge in [0.15, 0.2) is 0 Å². The highest BCUT2D eigenvalue weighted by atomic mass is 16.4. The van der Waals surface area contributed by atoms with Crippen molar-refractivity contribution in [3.05, 3.63) is 0 Å². The zero-order valence-electron chi connectivity index (χ0n) is 8.59. The van der Waals surface area contributed by atoms with Crippen molar-refractivity contribution in [2.45, 2.75) is 38.5 Å². The third-order valence-electron chi connectivity index (χ3n) is 3.93. The number of aliphatic carboxylic acids is 1. The highest BCUT2D eigenvalue weighted by Gasteiger charge is 2.48. The van der Waals surface area contributed by atoms with Gasteiger partial charge in [-0.25, -0.2) is 0 Å². The number of nitrogens with one attached hydrogen (secondary N) is 1. The minimum atomic E-state index is -0.634. The van der Waals surface area contributed by atoms with Gasteiger partial charge >= 0.3 is 5.97 Å². The fourth-order valence-electron chi connectivity index (χ4n) is 2.81. The molecule has 3 heteroatoms. The predicted molar refractivity (Wildman–Crippen MR) is 54.1 cm³/mol.